The van der Waals surface area contributed by atoms with Gasteiger partial charge in [0.05, 0.1) is 24.4 Å². The van der Waals surface area contributed by atoms with Crippen molar-refractivity contribution >= 4 is 17.5 Å². The maximum Gasteiger partial charge on any atom is 0.408 e. The molecule has 4 atom stereocenters. The molecule has 3 aromatic carbocycles. The lowest BCUT2D eigenvalue weighted by Gasteiger charge is -2.40. The SMILES string of the molecule is CC([C@H](C)n1ncn(-c2ccc(N3CCN(c4ccc(OC[C@@H]5CO[C@](Cn6cncn6)(c6ccc(F)cc6F)O5)cc4)CC3)cc2)c1=O)N(C(=O)O)C(C)(C)C. The second-order valence-electron chi connectivity index (χ2n) is 15.3. The first kappa shape index (κ1) is 39.4. The molecule has 15 nitrogen and oxygen atoms in total. The molecule has 0 radical (unpaired) electrons. The lowest BCUT2D eigenvalue weighted by molar-refractivity contribution is -0.192. The number of hydrogen-bond donors (Lipinski definition) is 1. The summed E-state index contributed by atoms with van der Waals surface area (Å²) >= 11 is 0. The summed E-state index contributed by atoms with van der Waals surface area (Å²) in [5, 5.41) is 18.3. The molecule has 2 fully saturated rings. The number of nitrogens with zero attached hydrogens (tertiary/aromatic N) is 9. The number of hydrogen-bond acceptors (Lipinski definition) is 10. The van der Waals surface area contributed by atoms with Crippen molar-refractivity contribution in [3.63, 3.8) is 0 Å². The molecule has 302 valence electrons. The fourth-order valence-corrected chi connectivity index (χ4v) is 7.54. The van der Waals surface area contributed by atoms with Gasteiger partial charge in [-0.25, -0.2) is 37.3 Å². The fraction of sp³-hybridized carbons (Fsp3) is 0.425. The molecule has 2 aliphatic rings. The second-order valence-corrected chi connectivity index (χ2v) is 15.3. The average Bonchev–Trinajstić information content (AvgIpc) is 3.94. The Balaban J connectivity index is 0.918. The van der Waals surface area contributed by atoms with E-state index in [0.29, 0.717) is 11.4 Å². The van der Waals surface area contributed by atoms with Crippen molar-refractivity contribution in [2.24, 2.45) is 0 Å². The maximum absolute atomic E-state index is 14.9. The Hall–Kier alpha value is -5.81. The Kier molecular flexibility index (Phi) is 11.0. The van der Waals surface area contributed by atoms with Crippen molar-refractivity contribution in [1.29, 1.82) is 0 Å². The molecule has 2 aromatic heterocycles. The minimum absolute atomic E-state index is 0.0159. The molecule has 0 saturated carbocycles. The number of ether oxygens (including phenoxy) is 3. The predicted octanol–water partition coefficient (Wildman–Crippen LogP) is 5.31. The van der Waals surface area contributed by atoms with Gasteiger partial charge in [0.25, 0.3) is 0 Å². The highest BCUT2D eigenvalue weighted by atomic mass is 19.1. The molecular formula is C40H47F2N9O6. The van der Waals surface area contributed by atoms with Crippen molar-refractivity contribution in [3.8, 4) is 11.4 Å². The Labute approximate surface area is 328 Å². The Morgan fingerprint density at radius 1 is 0.947 bits per heavy atom. The van der Waals surface area contributed by atoms with E-state index in [-0.39, 0.29) is 31.0 Å². The second kappa shape index (κ2) is 16.0. The van der Waals surface area contributed by atoms with Gasteiger partial charge in [-0.15, -0.1) is 0 Å². The number of benzene rings is 3. The van der Waals surface area contributed by atoms with Gasteiger partial charge in [0.15, 0.2) is 0 Å². The third-order valence-electron chi connectivity index (χ3n) is 10.6. The summed E-state index contributed by atoms with van der Waals surface area (Å²) in [6, 6.07) is 17.9. The molecule has 1 unspecified atom stereocenters. The lowest BCUT2D eigenvalue weighted by Crippen LogP contribution is -2.53. The Morgan fingerprint density at radius 3 is 2.16 bits per heavy atom. The number of rotatable bonds is 12. The summed E-state index contributed by atoms with van der Waals surface area (Å²) in [6.07, 6.45) is 2.72. The van der Waals surface area contributed by atoms with Crippen LogP contribution in [0.15, 0.2) is 90.5 Å². The van der Waals surface area contributed by atoms with Crippen LogP contribution < -0.4 is 20.2 Å². The van der Waals surface area contributed by atoms with E-state index in [1.807, 2.05) is 69.3 Å². The van der Waals surface area contributed by atoms with Gasteiger partial charge in [0.2, 0.25) is 5.79 Å². The van der Waals surface area contributed by atoms with Crippen LogP contribution in [0.3, 0.4) is 0 Å². The van der Waals surface area contributed by atoms with E-state index in [1.165, 1.54) is 43.9 Å². The number of carbonyl (C=O) groups is 1. The number of halogens is 2. The lowest BCUT2D eigenvalue weighted by atomic mass is 10.0. The molecule has 1 N–H and O–H groups in total. The first-order chi connectivity index (χ1) is 27.2. The first-order valence-electron chi connectivity index (χ1n) is 18.8. The summed E-state index contributed by atoms with van der Waals surface area (Å²) in [7, 11) is 0. The van der Waals surface area contributed by atoms with Gasteiger partial charge in [-0.1, -0.05) is 0 Å². The van der Waals surface area contributed by atoms with E-state index in [2.05, 4.69) is 25.0 Å². The number of carboxylic acid groups (broad SMARTS) is 1. The summed E-state index contributed by atoms with van der Waals surface area (Å²) in [5.41, 5.74) is 1.84. The van der Waals surface area contributed by atoms with E-state index >= 15 is 0 Å². The van der Waals surface area contributed by atoms with Crippen LogP contribution in [0, 0.1) is 11.6 Å². The molecule has 17 heteroatoms. The molecule has 2 aliphatic heterocycles. The van der Waals surface area contributed by atoms with Gasteiger partial charge >= 0.3 is 11.8 Å². The molecular weight excluding hydrogens is 740 g/mol. The van der Waals surface area contributed by atoms with Crippen LogP contribution in [-0.4, -0.2) is 102 Å². The molecule has 4 heterocycles. The van der Waals surface area contributed by atoms with Crippen LogP contribution in [-0.2, 0) is 21.8 Å². The van der Waals surface area contributed by atoms with Gasteiger partial charge in [0, 0.05) is 54.7 Å². The van der Waals surface area contributed by atoms with Gasteiger partial charge < -0.3 is 29.1 Å². The third-order valence-corrected chi connectivity index (χ3v) is 10.6. The van der Waals surface area contributed by atoms with Gasteiger partial charge in [0.1, 0.15) is 55.6 Å². The van der Waals surface area contributed by atoms with Crippen LogP contribution in [0.1, 0.15) is 46.2 Å². The number of amides is 1. The minimum atomic E-state index is -1.53. The molecule has 0 bridgehead atoms. The zero-order valence-electron chi connectivity index (χ0n) is 32.5. The van der Waals surface area contributed by atoms with E-state index in [4.69, 9.17) is 14.2 Å². The first-order valence-corrected chi connectivity index (χ1v) is 18.8. The average molecular weight is 788 g/mol. The molecule has 7 rings (SSSR count). The molecule has 0 aliphatic carbocycles. The predicted molar refractivity (Wildman–Crippen MR) is 207 cm³/mol. The van der Waals surface area contributed by atoms with E-state index < -0.39 is 47.2 Å². The number of piperazine rings is 1. The van der Waals surface area contributed by atoms with Crippen LogP contribution in [0.4, 0.5) is 25.0 Å². The van der Waals surface area contributed by atoms with E-state index in [1.54, 1.807) is 13.8 Å². The van der Waals surface area contributed by atoms with E-state index in [0.717, 1.165) is 49.7 Å². The molecule has 0 spiro atoms. The van der Waals surface area contributed by atoms with Crippen LogP contribution in [0.2, 0.25) is 0 Å². The van der Waals surface area contributed by atoms with Crippen molar-refractivity contribution in [2.75, 3.05) is 49.2 Å². The van der Waals surface area contributed by atoms with Crippen molar-refractivity contribution in [3.05, 3.63) is 113 Å². The van der Waals surface area contributed by atoms with E-state index in [9.17, 15) is 23.5 Å². The standard InChI is InChI=1S/C40H47F2N9O6/c1-27(50(38(53)54)39(3,4)5)28(2)51-37(52)49(26-45-51)32-9-7-30(8-10-32)46-16-18-47(19-17-46)31-11-13-33(14-12-31)55-21-34-22-56-40(57-34,23-48-25-43-24-44-48)35-15-6-29(41)20-36(35)42/h6-15,20,24-28,34H,16-19,21-23H2,1-5H3,(H,53,54)/t27?,28-,34+,40-/m0/s1. The van der Waals surface area contributed by atoms with Crippen LogP contribution >= 0.6 is 0 Å². The van der Waals surface area contributed by atoms with Crippen LogP contribution in [0.5, 0.6) is 5.75 Å². The fourth-order valence-electron chi connectivity index (χ4n) is 7.54. The molecule has 5 aromatic rings. The zero-order valence-corrected chi connectivity index (χ0v) is 32.5. The van der Waals surface area contributed by atoms with Gasteiger partial charge in [-0.3, -0.25) is 4.90 Å². The largest absolute Gasteiger partial charge is 0.491 e. The zero-order chi connectivity index (χ0) is 40.5. The maximum atomic E-state index is 14.9. The number of aromatic nitrogens is 6. The normalized spacial score (nSPS) is 19.7. The summed E-state index contributed by atoms with van der Waals surface area (Å²) < 4.78 is 51.2. The summed E-state index contributed by atoms with van der Waals surface area (Å²) in [6.45, 7) is 12.5. The smallest absolute Gasteiger partial charge is 0.408 e. The molecule has 1 amide bonds. The highest BCUT2D eigenvalue weighted by molar-refractivity contribution is 5.66. The minimum Gasteiger partial charge on any atom is -0.491 e. The quantitative estimate of drug-likeness (QED) is 0.176. The van der Waals surface area contributed by atoms with Crippen molar-refractivity contribution in [2.45, 2.75) is 70.7 Å². The molecule has 2 saturated heterocycles. The highest BCUT2D eigenvalue weighted by Crippen LogP contribution is 2.38. The van der Waals surface area contributed by atoms with Crippen LogP contribution in [0.25, 0.3) is 5.69 Å². The van der Waals surface area contributed by atoms with Gasteiger partial charge in [-0.2, -0.15) is 10.2 Å². The summed E-state index contributed by atoms with van der Waals surface area (Å²) in [4.78, 5) is 35.3. The monoisotopic (exact) mass is 787 g/mol. The number of anilines is 2. The molecule has 57 heavy (non-hydrogen) atoms. The van der Waals surface area contributed by atoms with Gasteiger partial charge in [-0.05, 0) is 95.3 Å². The summed E-state index contributed by atoms with van der Waals surface area (Å²) in [5.74, 6) is -2.37. The Morgan fingerprint density at radius 2 is 1.58 bits per heavy atom. The third kappa shape index (κ3) is 8.34. The topological polar surface area (TPSA) is 145 Å². The van der Waals surface area contributed by atoms with Crippen molar-refractivity contribution in [1.82, 2.24) is 34.0 Å². The van der Waals surface area contributed by atoms with Crippen molar-refractivity contribution < 1.29 is 32.9 Å². The Bertz CT molecular complexity index is 2200. The highest BCUT2D eigenvalue weighted by Gasteiger charge is 2.46.